The number of aromatic nitrogens is 1. The summed E-state index contributed by atoms with van der Waals surface area (Å²) >= 11 is 0. The van der Waals surface area contributed by atoms with Crippen LogP contribution in [-0.2, 0) is 36.4 Å². The second kappa shape index (κ2) is 10.1. The Hall–Kier alpha value is -1.12. The fraction of sp³-hybridized carbons (Fsp3) is 0.762. The molecule has 1 aromatic rings. The van der Waals surface area contributed by atoms with Crippen molar-refractivity contribution in [1.29, 1.82) is 0 Å². The zero-order valence-corrected chi connectivity index (χ0v) is 21.7. The molecule has 0 bridgehead atoms. The first-order chi connectivity index (χ1) is 16.0. The van der Waals surface area contributed by atoms with Crippen LogP contribution in [0.2, 0.25) is 0 Å². The van der Waals surface area contributed by atoms with Gasteiger partial charge in [0.15, 0.2) is 24.7 Å². The molecule has 2 saturated heterocycles. The van der Waals surface area contributed by atoms with Gasteiger partial charge in [-0.2, -0.15) is 17.0 Å². The summed E-state index contributed by atoms with van der Waals surface area (Å²) in [6, 6.07) is 2.37. The third-order valence-electron chi connectivity index (χ3n) is 7.40. The maximum absolute atomic E-state index is 13.6. The maximum atomic E-state index is 13.6. The van der Waals surface area contributed by atoms with E-state index in [0.717, 1.165) is 25.7 Å². The Bertz CT molecular complexity index is 1180. The van der Waals surface area contributed by atoms with E-state index in [1.54, 1.807) is 6.07 Å². The second-order valence-corrected chi connectivity index (χ2v) is 15.8. The molecule has 1 aromatic heterocycles. The van der Waals surface area contributed by atoms with Gasteiger partial charge in [-0.25, -0.2) is 21.8 Å². The summed E-state index contributed by atoms with van der Waals surface area (Å²) in [5.41, 5.74) is 6.29. The zero-order valence-electron chi connectivity index (χ0n) is 19.2. The Morgan fingerprint density at radius 1 is 1.03 bits per heavy atom. The Labute approximate surface area is 202 Å². The predicted octanol–water partition coefficient (Wildman–Crippen LogP) is 0.560. The number of sulfone groups is 2. The van der Waals surface area contributed by atoms with E-state index < -0.39 is 35.9 Å². The van der Waals surface area contributed by atoms with E-state index in [1.807, 2.05) is 0 Å². The molecule has 3 aliphatic rings. The number of nitrogens with zero attached hydrogens (tertiary/aromatic N) is 3. The highest BCUT2D eigenvalue weighted by atomic mass is 32.2. The van der Waals surface area contributed by atoms with Crippen molar-refractivity contribution in [3.8, 4) is 0 Å². The van der Waals surface area contributed by atoms with Crippen LogP contribution in [0.5, 0.6) is 0 Å². The lowest BCUT2D eigenvalue weighted by atomic mass is 9.79. The molecule has 1 aliphatic carbocycles. The van der Waals surface area contributed by atoms with Crippen molar-refractivity contribution >= 4 is 29.9 Å². The number of hydrogen-bond donors (Lipinski definition) is 1. The molecule has 3 heterocycles. The standard InChI is InChI=1S/C21H34N4O6S3/c22-14-17-6-7-23-21(12-17)33(28,29)16-20-13-19(18-4-2-1-3-5-18)15-25(20)34(30,31)24-8-10-32(26,27)11-9-24/h6-7,12,18-20H,1-5,8-11,13-16,22H2/t19?,20-/m0/s1. The van der Waals surface area contributed by atoms with Crippen LogP contribution in [0.1, 0.15) is 44.1 Å². The van der Waals surface area contributed by atoms with Crippen LogP contribution >= 0.6 is 0 Å². The van der Waals surface area contributed by atoms with E-state index in [4.69, 9.17) is 5.73 Å². The summed E-state index contributed by atoms with van der Waals surface area (Å²) in [6.45, 7) is 0.243. The monoisotopic (exact) mass is 534 g/mol. The van der Waals surface area contributed by atoms with Crippen molar-refractivity contribution < 1.29 is 25.3 Å². The van der Waals surface area contributed by atoms with Crippen molar-refractivity contribution in [2.45, 2.75) is 56.1 Å². The topological polar surface area (TPSA) is 148 Å². The normalized spacial score (nSPS) is 27.7. The van der Waals surface area contributed by atoms with E-state index in [2.05, 4.69) is 4.98 Å². The summed E-state index contributed by atoms with van der Waals surface area (Å²) in [4.78, 5) is 4.01. The fourth-order valence-corrected chi connectivity index (χ4v) is 10.4. The minimum absolute atomic E-state index is 0.0899. The lowest BCUT2D eigenvalue weighted by Crippen LogP contribution is -2.52. The highest BCUT2D eigenvalue weighted by molar-refractivity contribution is 7.92. The van der Waals surface area contributed by atoms with Crippen molar-refractivity contribution in [3.63, 3.8) is 0 Å². The SMILES string of the molecule is NCc1ccnc(S(=O)(=O)C[C@@H]2CC(C3CCCCC3)CN2S(=O)(=O)N2CCS(=O)(=O)CC2)c1. The van der Waals surface area contributed by atoms with Crippen molar-refractivity contribution in [2.24, 2.45) is 17.6 Å². The fourth-order valence-electron chi connectivity index (χ4n) is 5.46. The first kappa shape index (κ1) is 26.0. The van der Waals surface area contributed by atoms with Gasteiger partial charge in [-0.05, 0) is 36.0 Å². The molecule has 0 spiro atoms. The zero-order chi connectivity index (χ0) is 24.6. The molecular formula is C21H34N4O6S3. The largest absolute Gasteiger partial charge is 0.326 e. The number of hydrogen-bond acceptors (Lipinski definition) is 8. The van der Waals surface area contributed by atoms with Gasteiger partial charge >= 0.3 is 0 Å². The van der Waals surface area contributed by atoms with Crippen LogP contribution in [0, 0.1) is 11.8 Å². The maximum Gasteiger partial charge on any atom is 0.282 e. The van der Waals surface area contributed by atoms with Gasteiger partial charge < -0.3 is 5.73 Å². The first-order valence-electron chi connectivity index (χ1n) is 11.9. The lowest BCUT2D eigenvalue weighted by molar-refractivity contribution is 0.253. The summed E-state index contributed by atoms with van der Waals surface area (Å²) in [5, 5.41) is -0.0991. The molecule has 2 atom stereocenters. The van der Waals surface area contributed by atoms with Crippen molar-refractivity contribution in [1.82, 2.24) is 13.6 Å². The average molecular weight is 535 g/mol. The number of rotatable bonds is 7. The molecule has 13 heteroatoms. The number of pyridine rings is 1. The molecule has 4 rings (SSSR count). The highest BCUT2D eigenvalue weighted by Crippen LogP contribution is 2.39. The molecule has 0 radical (unpaired) electrons. The van der Waals surface area contributed by atoms with E-state index in [-0.39, 0.29) is 54.4 Å². The average Bonchev–Trinajstić information content (AvgIpc) is 3.23. The molecule has 34 heavy (non-hydrogen) atoms. The minimum Gasteiger partial charge on any atom is -0.326 e. The molecule has 0 aromatic carbocycles. The summed E-state index contributed by atoms with van der Waals surface area (Å²) in [5.74, 6) is -0.329. The first-order valence-corrected chi connectivity index (χ1v) is 16.7. The van der Waals surface area contributed by atoms with Crippen molar-refractivity contribution in [3.05, 3.63) is 23.9 Å². The van der Waals surface area contributed by atoms with Gasteiger partial charge in [-0.1, -0.05) is 32.1 Å². The summed E-state index contributed by atoms with van der Waals surface area (Å²) in [7, 11) is -11.1. The minimum atomic E-state index is -4.00. The van der Waals surface area contributed by atoms with Crippen LogP contribution in [0.3, 0.4) is 0 Å². The quantitative estimate of drug-likeness (QED) is 0.534. The Balaban J connectivity index is 1.60. The van der Waals surface area contributed by atoms with Crippen LogP contribution in [0.4, 0.5) is 0 Å². The van der Waals surface area contributed by atoms with Crippen molar-refractivity contribution in [2.75, 3.05) is 36.9 Å². The molecule has 0 amide bonds. The van der Waals surface area contributed by atoms with Gasteiger partial charge in [0.25, 0.3) is 10.2 Å². The smallest absolute Gasteiger partial charge is 0.282 e. The Kier molecular flexibility index (Phi) is 7.71. The molecular weight excluding hydrogens is 500 g/mol. The third-order valence-corrected chi connectivity index (χ3v) is 12.8. The van der Waals surface area contributed by atoms with Crippen LogP contribution in [0.15, 0.2) is 23.4 Å². The van der Waals surface area contributed by atoms with E-state index in [1.165, 1.54) is 27.3 Å². The molecule has 1 saturated carbocycles. The number of nitrogens with two attached hydrogens (primary N) is 1. The van der Waals surface area contributed by atoms with Gasteiger partial charge in [0.2, 0.25) is 0 Å². The molecule has 2 aliphatic heterocycles. The van der Waals surface area contributed by atoms with E-state index in [0.29, 0.717) is 17.9 Å². The van der Waals surface area contributed by atoms with Gasteiger partial charge in [0, 0.05) is 38.4 Å². The van der Waals surface area contributed by atoms with Gasteiger partial charge in [-0.15, -0.1) is 0 Å². The van der Waals surface area contributed by atoms with E-state index >= 15 is 0 Å². The molecule has 10 nitrogen and oxygen atoms in total. The highest BCUT2D eigenvalue weighted by Gasteiger charge is 2.47. The molecule has 2 N–H and O–H groups in total. The summed E-state index contributed by atoms with van der Waals surface area (Å²) < 4.78 is 79.9. The predicted molar refractivity (Wildman–Crippen MR) is 129 cm³/mol. The van der Waals surface area contributed by atoms with Crippen LogP contribution < -0.4 is 5.73 Å². The second-order valence-electron chi connectivity index (χ2n) is 9.66. The Morgan fingerprint density at radius 2 is 1.71 bits per heavy atom. The van der Waals surface area contributed by atoms with Gasteiger partial charge in [-0.3, -0.25) is 0 Å². The van der Waals surface area contributed by atoms with E-state index in [9.17, 15) is 25.3 Å². The molecule has 3 fully saturated rings. The molecule has 192 valence electrons. The molecule has 1 unspecified atom stereocenters. The van der Waals surface area contributed by atoms with Crippen LogP contribution in [-0.4, -0.2) is 81.8 Å². The Morgan fingerprint density at radius 3 is 2.35 bits per heavy atom. The lowest BCUT2D eigenvalue weighted by Gasteiger charge is -2.33. The van der Waals surface area contributed by atoms with Crippen LogP contribution in [0.25, 0.3) is 0 Å². The van der Waals surface area contributed by atoms with Gasteiger partial charge in [0.05, 0.1) is 17.3 Å². The summed E-state index contributed by atoms with van der Waals surface area (Å²) in [6.07, 6.45) is 7.32. The van der Waals surface area contributed by atoms with Gasteiger partial charge in [0.1, 0.15) is 0 Å². The third kappa shape index (κ3) is 5.65.